The Bertz CT molecular complexity index is 609. The van der Waals surface area contributed by atoms with Crippen LogP contribution in [0.5, 0.6) is 0 Å². The molecule has 112 valence electrons. The summed E-state index contributed by atoms with van der Waals surface area (Å²) in [4.78, 5) is 34.7. The van der Waals surface area contributed by atoms with Crippen LogP contribution in [0.2, 0.25) is 0 Å². The van der Waals surface area contributed by atoms with Crippen LogP contribution in [-0.2, 0) is 4.79 Å². The number of hydrogen-bond donors (Lipinski definition) is 1. The highest BCUT2D eigenvalue weighted by Gasteiger charge is 2.35. The normalized spacial score (nSPS) is 18.3. The van der Waals surface area contributed by atoms with Crippen molar-refractivity contribution in [3.8, 4) is 0 Å². The van der Waals surface area contributed by atoms with Gasteiger partial charge in [0.25, 0.3) is 11.6 Å². The van der Waals surface area contributed by atoms with Crippen LogP contribution in [0.1, 0.15) is 10.4 Å². The molecule has 1 aliphatic rings. The van der Waals surface area contributed by atoms with E-state index < -0.39 is 39.9 Å². The number of carboxylic acids is 1. The van der Waals surface area contributed by atoms with Gasteiger partial charge in [0.2, 0.25) is 0 Å². The number of benzene rings is 1. The minimum Gasteiger partial charge on any atom is -0.480 e. The Morgan fingerprint density at radius 3 is 2.81 bits per heavy atom. The van der Waals surface area contributed by atoms with Gasteiger partial charge in [0, 0.05) is 24.1 Å². The van der Waals surface area contributed by atoms with Crippen molar-refractivity contribution in [2.24, 2.45) is 0 Å². The van der Waals surface area contributed by atoms with Crippen molar-refractivity contribution < 1.29 is 24.0 Å². The zero-order valence-corrected chi connectivity index (χ0v) is 11.5. The van der Waals surface area contributed by atoms with Gasteiger partial charge in [-0.25, -0.2) is 9.18 Å². The number of hydrogen-bond acceptors (Lipinski definition) is 5. The predicted molar refractivity (Wildman–Crippen MR) is 72.8 cm³/mol. The summed E-state index contributed by atoms with van der Waals surface area (Å²) in [5, 5.41) is 20.0. The summed E-state index contributed by atoms with van der Waals surface area (Å²) in [6, 6.07) is 1.48. The summed E-state index contributed by atoms with van der Waals surface area (Å²) in [5.41, 5.74) is -0.970. The minimum atomic E-state index is -1.19. The maximum Gasteiger partial charge on any atom is 0.327 e. The van der Waals surface area contributed by atoms with Gasteiger partial charge < -0.3 is 10.0 Å². The first-order valence-electron chi connectivity index (χ1n) is 5.97. The molecule has 7 nitrogen and oxygen atoms in total. The van der Waals surface area contributed by atoms with Gasteiger partial charge in [-0.15, -0.1) is 0 Å². The van der Waals surface area contributed by atoms with E-state index in [1.807, 2.05) is 0 Å². The average molecular weight is 314 g/mol. The molecule has 0 bridgehead atoms. The Morgan fingerprint density at radius 1 is 1.48 bits per heavy atom. The summed E-state index contributed by atoms with van der Waals surface area (Å²) in [6.07, 6.45) is 0. The fourth-order valence-electron chi connectivity index (χ4n) is 2.04. The van der Waals surface area contributed by atoms with E-state index in [-0.39, 0.29) is 12.3 Å². The molecule has 0 saturated carbocycles. The molecule has 1 unspecified atom stereocenters. The summed E-state index contributed by atoms with van der Waals surface area (Å²) >= 11 is 1.38. The molecule has 21 heavy (non-hydrogen) atoms. The van der Waals surface area contributed by atoms with E-state index in [4.69, 9.17) is 5.11 Å². The molecule has 1 atom stereocenters. The van der Waals surface area contributed by atoms with E-state index in [0.29, 0.717) is 5.75 Å². The van der Waals surface area contributed by atoms with Gasteiger partial charge in [-0.3, -0.25) is 14.9 Å². The van der Waals surface area contributed by atoms with Crippen LogP contribution in [0.15, 0.2) is 18.2 Å². The Hall–Kier alpha value is -2.16. The van der Waals surface area contributed by atoms with Crippen molar-refractivity contribution in [3.63, 3.8) is 0 Å². The average Bonchev–Trinajstić information content (AvgIpc) is 2.46. The number of nitro benzene ring substituents is 1. The highest BCUT2D eigenvalue weighted by Crippen LogP contribution is 2.25. The Kier molecular flexibility index (Phi) is 4.41. The summed E-state index contributed by atoms with van der Waals surface area (Å²) < 4.78 is 13.3. The highest BCUT2D eigenvalue weighted by atomic mass is 32.2. The second-order valence-electron chi connectivity index (χ2n) is 4.35. The summed E-state index contributed by atoms with van der Waals surface area (Å²) in [5.74, 6) is -2.09. The number of rotatable bonds is 3. The number of nitro groups is 1. The molecule has 1 heterocycles. The molecule has 1 aliphatic heterocycles. The van der Waals surface area contributed by atoms with Crippen molar-refractivity contribution >= 4 is 29.3 Å². The second-order valence-corrected chi connectivity index (χ2v) is 5.50. The molecule has 1 aromatic rings. The third kappa shape index (κ3) is 3.13. The number of aliphatic carboxylic acids is 1. The SMILES string of the molecule is O=C(O)C1CSCCN1C(=O)c1cc(F)ccc1[N+](=O)[O-]. The van der Waals surface area contributed by atoms with Crippen molar-refractivity contribution in [2.45, 2.75) is 6.04 Å². The molecule has 0 aliphatic carbocycles. The second kappa shape index (κ2) is 6.08. The number of nitrogens with zero attached hydrogens (tertiary/aromatic N) is 2. The maximum absolute atomic E-state index is 13.3. The molecule has 0 spiro atoms. The standard InChI is InChI=1S/C12H11FN2O5S/c13-7-1-2-9(15(19)20)8(5-7)11(16)14-3-4-21-6-10(14)12(17)18/h1-2,5,10H,3-4,6H2,(H,17,18). The number of carbonyl (C=O) groups is 2. The molecule has 2 rings (SSSR count). The van der Waals surface area contributed by atoms with E-state index >= 15 is 0 Å². The fourth-order valence-corrected chi connectivity index (χ4v) is 3.08. The lowest BCUT2D eigenvalue weighted by Gasteiger charge is -2.32. The van der Waals surface area contributed by atoms with Crippen molar-refractivity contribution in [2.75, 3.05) is 18.1 Å². The van der Waals surface area contributed by atoms with Gasteiger partial charge in [-0.2, -0.15) is 11.8 Å². The molecular weight excluding hydrogens is 303 g/mol. The Balaban J connectivity index is 2.40. The fraction of sp³-hybridized carbons (Fsp3) is 0.333. The van der Waals surface area contributed by atoms with Crippen molar-refractivity contribution in [1.82, 2.24) is 4.90 Å². The topological polar surface area (TPSA) is 101 Å². The van der Waals surface area contributed by atoms with Gasteiger partial charge >= 0.3 is 5.97 Å². The van der Waals surface area contributed by atoms with Gasteiger partial charge in [0.1, 0.15) is 17.4 Å². The van der Waals surface area contributed by atoms with Gasteiger partial charge in [0.15, 0.2) is 0 Å². The van der Waals surface area contributed by atoms with Crippen LogP contribution >= 0.6 is 11.8 Å². The van der Waals surface area contributed by atoms with E-state index in [0.717, 1.165) is 23.1 Å². The molecular formula is C12H11FN2O5S. The number of carbonyl (C=O) groups excluding carboxylic acids is 1. The molecule has 1 amide bonds. The number of thioether (sulfide) groups is 1. The van der Waals surface area contributed by atoms with Gasteiger partial charge in [0.05, 0.1) is 4.92 Å². The lowest BCUT2D eigenvalue weighted by molar-refractivity contribution is -0.385. The summed E-state index contributed by atoms with van der Waals surface area (Å²) in [7, 11) is 0. The van der Waals surface area contributed by atoms with E-state index in [2.05, 4.69) is 0 Å². The number of halogens is 1. The van der Waals surface area contributed by atoms with Crippen LogP contribution in [0, 0.1) is 15.9 Å². The van der Waals surface area contributed by atoms with Crippen LogP contribution in [0.25, 0.3) is 0 Å². The van der Waals surface area contributed by atoms with Crippen LogP contribution < -0.4 is 0 Å². The lowest BCUT2D eigenvalue weighted by Crippen LogP contribution is -2.50. The van der Waals surface area contributed by atoms with Crippen molar-refractivity contribution in [3.05, 3.63) is 39.7 Å². The summed E-state index contributed by atoms with van der Waals surface area (Å²) in [6.45, 7) is 0.147. The third-order valence-corrected chi connectivity index (χ3v) is 4.08. The molecule has 0 aromatic heterocycles. The molecule has 9 heteroatoms. The first-order chi connectivity index (χ1) is 9.91. The van der Waals surface area contributed by atoms with Crippen molar-refractivity contribution in [1.29, 1.82) is 0 Å². The molecule has 1 saturated heterocycles. The first kappa shape index (κ1) is 15.2. The van der Waals surface area contributed by atoms with E-state index in [1.54, 1.807) is 0 Å². The minimum absolute atomic E-state index is 0.147. The Labute approximate surface area is 122 Å². The quantitative estimate of drug-likeness (QED) is 0.668. The third-order valence-electron chi connectivity index (χ3n) is 3.06. The van der Waals surface area contributed by atoms with Crippen LogP contribution in [-0.4, -0.2) is 50.9 Å². The smallest absolute Gasteiger partial charge is 0.327 e. The maximum atomic E-state index is 13.3. The number of amides is 1. The monoisotopic (exact) mass is 314 g/mol. The molecule has 1 fully saturated rings. The Morgan fingerprint density at radius 2 is 2.19 bits per heavy atom. The van der Waals surface area contributed by atoms with Crippen LogP contribution in [0.4, 0.5) is 10.1 Å². The molecule has 1 N–H and O–H groups in total. The van der Waals surface area contributed by atoms with Crippen LogP contribution in [0.3, 0.4) is 0 Å². The zero-order chi connectivity index (χ0) is 15.6. The zero-order valence-electron chi connectivity index (χ0n) is 10.7. The molecule has 1 aromatic carbocycles. The van der Waals surface area contributed by atoms with Gasteiger partial charge in [-0.1, -0.05) is 0 Å². The molecule has 0 radical (unpaired) electrons. The number of carboxylic acid groups (broad SMARTS) is 1. The lowest BCUT2D eigenvalue weighted by atomic mass is 10.1. The first-order valence-corrected chi connectivity index (χ1v) is 7.12. The largest absolute Gasteiger partial charge is 0.480 e. The predicted octanol–water partition coefficient (Wildman–Crippen LogP) is 1.38. The van der Waals surface area contributed by atoms with E-state index in [9.17, 15) is 24.1 Å². The highest BCUT2D eigenvalue weighted by molar-refractivity contribution is 7.99. The van der Waals surface area contributed by atoms with Gasteiger partial charge in [-0.05, 0) is 12.1 Å². The van der Waals surface area contributed by atoms with E-state index in [1.165, 1.54) is 11.8 Å².